The van der Waals surface area contributed by atoms with Crippen molar-refractivity contribution in [2.75, 3.05) is 45.5 Å². The van der Waals surface area contributed by atoms with Crippen LogP contribution in [-0.2, 0) is 14.8 Å². The van der Waals surface area contributed by atoms with Gasteiger partial charge in [-0.2, -0.15) is 0 Å². The lowest BCUT2D eigenvalue weighted by molar-refractivity contribution is -0.126. The summed E-state index contributed by atoms with van der Waals surface area (Å²) >= 11 is 0. The lowest BCUT2D eigenvalue weighted by Gasteiger charge is -2.31. The maximum atomic E-state index is 11.8. The molecular formula is C10H22N4O3S. The van der Waals surface area contributed by atoms with Crippen molar-refractivity contribution >= 4 is 15.9 Å². The number of piperazine rings is 1. The minimum atomic E-state index is -3.18. The fraction of sp³-hybridized carbons (Fsp3) is 0.900. The van der Waals surface area contributed by atoms with Crippen molar-refractivity contribution in [3.05, 3.63) is 0 Å². The molecule has 1 rings (SSSR count). The van der Waals surface area contributed by atoms with Gasteiger partial charge in [0.2, 0.25) is 15.9 Å². The first kappa shape index (κ1) is 15.4. The van der Waals surface area contributed by atoms with E-state index >= 15 is 0 Å². The number of carbonyl (C=O) groups excluding carboxylic acids is 1. The maximum Gasteiger partial charge on any atom is 0.237 e. The number of amides is 1. The molecule has 0 aromatic rings. The van der Waals surface area contributed by atoms with Crippen molar-refractivity contribution in [2.45, 2.75) is 13.0 Å². The Morgan fingerprint density at radius 2 is 1.94 bits per heavy atom. The van der Waals surface area contributed by atoms with Crippen molar-refractivity contribution in [3.63, 3.8) is 0 Å². The molecule has 0 aliphatic carbocycles. The largest absolute Gasteiger partial charge is 0.353 e. The minimum Gasteiger partial charge on any atom is -0.353 e. The van der Waals surface area contributed by atoms with E-state index in [9.17, 15) is 13.2 Å². The Hall–Kier alpha value is -0.700. The molecule has 1 unspecified atom stereocenters. The van der Waals surface area contributed by atoms with E-state index in [1.807, 2.05) is 6.92 Å². The lowest BCUT2D eigenvalue weighted by atomic mass is 10.2. The van der Waals surface area contributed by atoms with Crippen LogP contribution in [0.5, 0.6) is 0 Å². The van der Waals surface area contributed by atoms with E-state index < -0.39 is 10.0 Å². The molecule has 8 heteroatoms. The summed E-state index contributed by atoms with van der Waals surface area (Å²) in [6, 6.07) is -0.176. The third kappa shape index (κ3) is 5.76. The molecule has 1 aliphatic rings. The van der Waals surface area contributed by atoms with Gasteiger partial charge in [0.1, 0.15) is 0 Å². The van der Waals surface area contributed by atoms with Gasteiger partial charge < -0.3 is 10.6 Å². The topological polar surface area (TPSA) is 90.5 Å². The van der Waals surface area contributed by atoms with Crippen LogP contribution in [0.15, 0.2) is 0 Å². The molecular weight excluding hydrogens is 256 g/mol. The average Bonchev–Trinajstić information content (AvgIpc) is 2.33. The van der Waals surface area contributed by atoms with Crippen molar-refractivity contribution in [1.82, 2.24) is 20.3 Å². The molecule has 106 valence electrons. The molecule has 1 heterocycles. The Bertz CT molecular complexity index is 365. The SMILES string of the molecule is CC(C(=O)NCCNS(C)(=O)=O)N1CCNCC1. The van der Waals surface area contributed by atoms with Crippen molar-refractivity contribution in [1.29, 1.82) is 0 Å². The fourth-order valence-corrected chi connectivity index (χ4v) is 2.28. The molecule has 7 nitrogen and oxygen atoms in total. The zero-order valence-corrected chi connectivity index (χ0v) is 11.7. The monoisotopic (exact) mass is 278 g/mol. The number of hydrogen-bond acceptors (Lipinski definition) is 5. The summed E-state index contributed by atoms with van der Waals surface area (Å²) in [7, 11) is -3.18. The molecule has 0 spiro atoms. The van der Waals surface area contributed by atoms with Crippen LogP contribution < -0.4 is 15.4 Å². The summed E-state index contributed by atoms with van der Waals surface area (Å²) in [5, 5.41) is 5.95. The standard InChI is InChI=1S/C10H22N4O3S/c1-9(14-7-5-11-6-8-14)10(15)12-3-4-13-18(2,16)17/h9,11,13H,3-8H2,1-2H3,(H,12,15). The van der Waals surface area contributed by atoms with E-state index in [0.717, 1.165) is 32.4 Å². The van der Waals surface area contributed by atoms with Gasteiger partial charge in [-0.05, 0) is 6.92 Å². The predicted octanol–water partition coefficient (Wildman–Crippen LogP) is -2.05. The van der Waals surface area contributed by atoms with Gasteiger partial charge in [0.25, 0.3) is 0 Å². The van der Waals surface area contributed by atoms with E-state index in [1.54, 1.807) is 0 Å². The summed E-state index contributed by atoms with van der Waals surface area (Å²) in [6.07, 6.45) is 1.10. The number of nitrogens with zero attached hydrogens (tertiary/aromatic N) is 1. The fourth-order valence-electron chi connectivity index (χ4n) is 1.81. The molecule has 3 N–H and O–H groups in total. The van der Waals surface area contributed by atoms with Gasteiger partial charge in [-0.15, -0.1) is 0 Å². The third-order valence-electron chi connectivity index (χ3n) is 2.87. The first-order valence-electron chi connectivity index (χ1n) is 6.07. The summed E-state index contributed by atoms with van der Waals surface area (Å²) in [6.45, 7) is 5.90. The number of sulfonamides is 1. The van der Waals surface area contributed by atoms with Crippen LogP contribution in [0.3, 0.4) is 0 Å². The smallest absolute Gasteiger partial charge is 0.237 e. The van der Waals surface area contributed by atoms with E-state index in [1.165, 1.54) is 0 Å². The molecule has 1 amide bonds. The molecule has 0 radical (unpaired) electrons. The number of rotatable bonds is 6. The minimum absolute atomic E-state index is 0.0628. The van der Waals surface area contributed by atoms with Gasteiger partial charge in [0, 0.05) is 39.3 Å². The van der Waals surface area contributed by atoms with E-state index in [0.29, 0.717) is 6.54 Å². The Labute approximate surface area is 108 Å². The average molecular weight is 278 g/mol. The Morgan fingerprint density at radius 3 is 2.50 bits per heavy atom. The predicted molar refractivity (Wildman–Crippen MR) is 69.8 cm³/mol. The lowest BCUT2D eigenvalue weighted by Crippen LogP contribution is -2.53. The molecule has 0 aromatic heterocycles. The van der Waals surface area contributed by atoms with Gasteiger partial charge >= 0.3 is 0 Å². The molecule has 0 aromatic carbocycles. The second kappa shape index (κ2) is 7.03. The second-order valence-electron chi connectivity index (χ2n) is 4.42. The van der Waals surface area contributed by atoms with E-state index in [-0.39, 0.29) is 18.5 Å². The first-order chi connectivity index (χ1) is 8.40. The van der Waals surface area contributed by atoms with Gasteiger partial charge in [0.15, 0.2) is 0 Å². The molecule has 1 atom stereocenters. The molecule has 1 fully saturated rings. The zero-order chi connectivity index (χ0) is 13.6. The highest BCUT2D eigenvalue weighted by Crippen LogP contribution is 2.00. The molecule has 1 saturated heterocycles. The Balaban J connectivity index is 2.23. The summed E-state index contributed by atoms with van der Waals surface area (Å²) in [5.41, 5.74) is 0. The number of hydrogen-bond donors (Lipinski definition) is 3. The highest BCUT2D eigenvalue weighted by atomic mass is 32.2. The van der Waals surface area contributed by atoms with E-state index in [2.05, 4.69) is 20.3 Å². The van der Waals surface area contributed by atoms with Crippen LogP contribution in [0, 0.1) is 0 Å². The highest BCUT2D eigenvalue weighted by molar-refractivity contribution is 7.88. The molecule has 0 bridgehead atoms. The van der Waals surface area contributed by atoms with Crippen LogP contribution >= 0.6 is 0 Å². The third-order valence-corrected chi connectivity index (χ3v) is 3.60. The van der Waals surface area contributed by atoms with E-state index in [4.69, 9.17) is 0 Å². The Morgan fingerprint density at radius 1 is 1.33 bits per heavy atom. The first-order valence-corrected chi connectivity index (χ1v) is 7.96. The summed E-state index contributed by atoms with van der Waals surface area (Å²) < 4.78 is 24.0. The van der Waals surface area contributed by atoms with Crippen molar-refractivity contribution in [3.8, 4) is 0 Å². The molecule has 0 saturated carbocycles. The van der Waals surface area contributed by atoms with Crippen LogP contribution in [0.2, 0.25) is 0 Å². The second-order valence-corrected chi connectivity index (χ2v) is 6.25. The number of carbonyl (C=O) groups is 1. The normalized spacial score (nSPS) is 19.4. The van der Waals surface area contributed by atoms with Crippen LogP contribution in [0.4, 0.5) is 0 Å². The van der Waals surface area contributed by atoms with Crippen LogP contribution in [0.25, 0.3) is 0 Å². The van der Waals surface area contributed by atoms with Gasteiger partial charge in [-0.1, -0.05) is 0 Å². The van der Waals surface area contributed by atoms with Gasteiger partial charge in [-0.25, -0.2) is 13.1 Å². The zero-order valence-electron chi connectivity index (χ0n) is 10.9. The van der Waals surface area contributed by atoms with Crippen molar-refractivity contribution in [2.24, 2.45) is 0 Å². The molecule has 18 heavy (non-hydrogen) atoms. The Kier molecular flexibility index (Phi) is 6.00. The van der Waals surface area contributed by atoms with Crippen LogP contribution in [0.1, 0.15) is 6.92 Å². The van der Waals surface area contributed by atoms with Gasteiger partial charge in [-0.3, -0.25) is 9.69 Å². The number of nitrogens with one attached hydrogen (secondary N) is 3. The quantitative estimate of drug-likeness (QED) is 0.486. The maximum absolute atomic E-state index is 11.8. The summed E-state index contributed by atoms with van der Waals surface area (Å²) in [5.74, 6) is -0.0628. The molecule has 1 aliphatic heterocycles. The highest BCUT2D eigenvalue weighted by Gasteiger charge is 2.22. The van der Waals surface area contributed by atoms with Gasteiger partial charge in [0.05, 0.1) is 12.3 Å². The van der Waals surface area contributed by atoms with Crippen LogP contribution in [-0.4, -0.2) is 70.8 Å². The summed E-state index contributed by atoms with van der Waals surface area (Å²) in [4.78, 5) is 13.9. The van der Waals surface area contributed by atoms with Crippen molar-refractivity contribution < 1.29 is 13.2 Å².